The lowest BCUT2D eigenvalue weighted by Crippen LogP contribution is -2.21. The molecule has 1 aliphatic heterocycles. The number of carbonyl (C=O) groups excluding carboxylic acids is 1. The maximum Gasteiger partial charge on any atom is 0.368 e. The van der Waals surface area contributed by atoms with Gasteiger partial charge in [-0.05, 0) is 55.8 Å². The normalized spacial score (nSPS) is 14.8. The Morgan fingerprint density at radius 3 is 2.29 bits per heavy atom. The third kappa shape index (κ3) is 4.67. The van der Waals surface area contributed by atoms with E-state index < -0.39 is 5.97 Å². The lowest BCUT2D eigenvalue weighted by atomic mass is 10.0. The van der Waals surface area contributed by atoms with Crippen LogP contribution in [-0.4, -0.2) is 24.8 Å². The van der Waals surface area contributed by atoms with Gasteiger partial charge >= 0.3 is 5.97 Å². The molecule has 2 aromatic carbocycles. The number of oxime groups is 1. The molecule has 0 aliphatic carbocycles. The van der Waals surface area contributed by atoms with Crippen molar-refractivity contribution >= 4 is 35.6 Å². The van der Waals surface area contributed by atoms with Crippen molar-refractivity contribution in [2.45, 2.75) is 13.8 Å². The number of benzene rings is 2. The van der Waals surface area contributed by atoms with E-state index in [2.05, 4.69) is 48.2 Å². The van der Waals surface area contributed by atoms with E-state index in [1.807, 2.05) is 54.6 Å². The quantitative estimate of drug-likeness (QED) is 0.372. The van der Waals surface area contributed by atoms with E-state index in [0.717, 1.165) is 24.2 Å². The van der Waals surface area contributed by atoms with Gasteiger partial charge < -0.3 is 14.2 Å². The second-order valence-corrected chi connectivity index (χ2v) is 7.08. The molecule has 0 fully saturated rings. The zero-order valence-corrected chi connectivity index (χ0v) is 17.6. The van der Waals surface area contributed by atoms with Crippen LogP contribution in [0.25, 0.3) is 18.2 Å². The van der Waals surface area contributed by atoms with E-state index in [1.54, 1.807) is 6.08 Å². The summed E-state index contributed by atoms with van der Waals surface area (Å²) in [6.07, 6.45) is 5.58. The average Bonchev–Trinajstić information content (AvgIpc) is 3.41. The summed E-state index contributed by atoms with van der Waals surface area (Å²) < 4.78 is 5.86. The first-order chi connectivity index (χ1) is 15.2. The second-order valence-electron chi connectivity index (χ2n) is 7.08. The fourth-order valence-corrected chi connectivity index (χ4v) is 3.45. The van der Waals surface area contributed by atoms with Gasteiger partial charge in [-0.15, -0.1) is 0 Å². The van der Waals surface area contributed by atoms with E-state index in [-0.39, 0.29) is 0 Å². The first-order valence-electron chi connectivity index (χ1n) is 10.4. The maximum atomic E-state index is 12.1. The first kappa shape index (κ1) is 20.4. The van der Waals surface area contributed by atoms with Crippen molar-refractivity contribution in [2.24, 2.45) is 5.16 Å². The summed E-state index contributed by atoms with van der Waals surface area (Å²) in [5.74, 6) is 0.777. The maximum absolute atomic E-state index is 12.1. The minimum Gasteiger partial charge on any atom is -0.457 e. The van der Waals surface area contributed by atoms with Crippen molar-refractivity contribution in [3.8, 4) is 0 Å². The molecule has 1 aromatic heterocycles. The Labute approximate surface area is 181 Å². The zero-order chi connectivity index (χ0) is 21.6. The molecule has 0 saturated heterocycles. The SMILES string of the molecule is CCN(CC)c1ccc(/C=C/c2ccc(/C=C3\C(=O)ON=C3c3ccccc3)o2)cc1. The van der Waals surface area contributed by atoms with Gasteiger partial charge in [0.2, 0.25) is 0 Å². The molecule has 5 nitrogen and oxygen atoms in total. The van der Waals surface area contributed by atoms with Crippen molar-refractivity contribution in [1.29, 1.82) is 0 Å². The molecule has 0 spiro atoms. The largest absolute Gasteiger partial charge is 0.457 e. The fourth-order valence-electron chi connectivity index (χ4n) is 3.45. The number of carbonyl (C=O) groups is 1. The highest BCUT2D eigenvalue weighted by molar-refractivity contribution is 6.31. The van der Waals surface area contributed by atoms with Crippen LogP contribution in [0.2, 0.25) is 0 Å². The van der Waals surface area contributed by atoms with Gasteiger partial charge in [0.25, 0.3) is 0 Å². The summed E-state index contributed by atoms with van der Waals surface area (Å²) in [4.78, 5) is 19.3. The molecule has 0 radical (unpaired) electrons. The highest BCUT2D eigenvalue weighted by Crippen LogP contribution is 2.22. The summed E-state index contributed by atoms with van der Waals surface area (Å²) in [6, 6.07) is 21.6. The average molecular weight is 412 g/mol. The lowest BCUT2D eigenvalue weighted by Gasteiger charge is -2.20. The number of rotatable bonds is 7. The van der Waals surface area contributed by atoms with Gasteiger partial charge in [0.1, 0.15) is 17.2 Å². The standard InChI is InChI=1S/C26H24N2O3/c1-3-28(4-2)21-13-10-19(11-14-21)12-15-22-16-17-23(30-22)18-24-25(27-31-26(24)29)20-8-6-5-7-9-20/h5-18H,3-4H2,1-2H3/b15-12+,24-18-. The number of hydrogen-bond donors (Lipinski definition) is 0. The van der Waals surface area contributed by atoms with Crippen LogP contribution >= 0.6 is 0 Å². The van der Waals surface area contributed by atoms with Crippen molar-refractivity contribution in [3.63, 3.8) is 0 Å². The number of anilines is 1. The molecule has 0 unspecified atom stereocenters. The fraction of sp³-hybridized carbons (Fsp3) is 0.154. The summed E-state index contributed by atoms with van der Waals surface area (Å²) in [6.45, 7) is 6.28. The van der Waals surface area contributed by atoms with Crippen molar-refractivity contribution in [1.82, 2.24) is 0 Å². The molecule has 31 heavy (non-hydrogen) atoms. The predicted octanol–water partition coefficient (Wildman–Crippen LogP) is 5.64. The molecule has 0 bridgehead atoms. The summed E-state index contributed by atoms with van der Waals surface area (Å²) in [5, 5.41) is 3.92. The molecule has 2 heterocycles. The Hall–Kier alpha value is -3.86. The van der Waals surface area contributed by atoms with E-state index >= 15 is 0 Å². The Kier molecular flexibility index (Phi) is 6.13. The Balaban J connectivity index is 1.49. The Morgan fingerprint density at radius 2 is 1.58 bits per heavy atom. The minimum absolute atomic E-state index is 0.378. The van der Waals surface area contributed by atoms with Gasteiger partial charge in [-0.1, -0.05) is 53.7 Å². The summed E-state index contributed by atoms with van der Waals surface area (Å²) in [7, 11) is 0. The molecule has 3 aromatic rings. The molecular formula is C26H24N2O3. The van der Waals surface area contributed by atoms with Crippen LogP contribution in [0.5, 0.6) is 0 Å². The number of furan rings is 1. The highest BCUT2D eigenvalue weighted by Gasteiger charge is 2.27. The van der Waals surface area contributed by atoms with Gasteiger partial charge in [-0.25, -0.2) is 4.79 Å². The molecule has 1 aliphatic rings. The first-order valence-corrected chi connectivity index (χ1v) is 10.4. The molecule has 5 heteroatoms. The van der Waals surface area contributed by atoms with Crippen LogP contribution in [0.3, 0.4) is 0 Å². The van der Waals surface area contributed by atoms with Gasteiger partial charge in [0, 0.05) is 24.3 Å². The smallest absolute Gasteiger partial charge is 0.368 e. The zero-order valence-electron chi connectivity index (χ0n) is 17.6. The molecule has 156 valence electrons. The van der Waals surface area contributed by atoms with Crippen molar-refractivity contribution < 1.29 is 14.0 Å². The van der Waals surface area contributed by atoms with Crippen LogP contribution in [0, 0.1) is 0 Å². The lowest BCUT2D eigenvalue weighted by molar-refractivity contribution is -0.136. The van der Waals surface area contributed by atoms with E-state index in [0.29, 0.717) is 22.8 Å². The van der Waals surface area contributed by atoms with Crippen molar-refractivity contribution in [2.75, 3.05) is 18.0 Å². The second kappa shape index (κ2) is 9.30. The summed E-state index contributed by atoms with van der Waals surface area (Å²) >= 11 is 0. The molecule has 0 atom stereocenters. The molecular weight excluding hydrogens is 388 g/mol. The topological polar surface area (TPSA) is 55.0 Å². The van der Waals surface area contributed by atoms with Crippen molar-refractivity contribution in [3.05, 3.63) is 95.0 Å². The van der Waals surface area contributed by atoms with Gasteiger partial charge in [0.15, 0.2) is 0 Å². The van der Waals surface area contributed by atoms with Crippen LogP contribution in [-0.2, 0) is 9.63 Å². The Morgan fingerprint density at radius 1 is 0.871 bits per heavy atom. The molecule has 0 saturated carbocycles. The minimum atomic E-state index is -0.486. The summed E-state index contributed by atoms with van der Waals surface area (Å²) in [5.41, 5.74) is 4.01. The van der Waals surface area contributed by atoms with E-state index in [1.165, 1.54) is 5.69 Å². The number of hydrogen-bond acceptors (Lipinski definition) is 5. The molecule has 0 amide bonds. The molecule has 4 rings (SSSR count). The van der Waals surface area contributed by atoms with Gasteiger partial charge in [-0.3, -0.25) is 0 Å². The third-order valence-electron chi connectivity index (χ3n) is 5.14. The Bertz CT molecular complexity index is 1130. The highest BCUT2D eigenvalue weighted by atomic mass is 16.7. The monoisotopic (exact) mass is 412 g/mol. The van der Waals surface area contributed by atoms with Crippen LogP contribution < -0.4 is 4.90 Å². The van der Waals surface area contributed by atoms with Crippen LogP contribution in [0.4, 0.5) is 5.69 Å². The van der Waals surface area contributed by atoms with Gasteiger partial charge in [-0.2, -0.15) is 0 Å². The van der Waals surface area contributed by atoms with Crippen LogP contribution in [0.15, 0.2) is 81.9 Å². The predicted molar refractivity (Wildman–Crippen MR) is 125 cm³/mol. The third-order valence-corrected chi connectivity index (χ3v) is 5.14. The van der Waals surface area contributed by atoms with Gasteiger partial charge in [0.05, 0.1) is 5.57 Å². The van der Waals surface area contributed by atoms with E-state index in [9.17, 15) is 4.79 Å². The molecule has 0 N–H and O–H groups in total. The van der Waals surface area contributed by atoms with E-state index in [4.69, 9.17) is 9.25 Å². The number of nitrogens with zero attached hydrogens (tertiary/aromatic N) is 2. The van der Waals surface area contributed by atoms with Crippen LogP contribution in [0.1, 0.15) is 36.5 Å².